The number of rotatable bonds is 3. The van der Waals surface area contributed by atoms with E-state index in [2.05, 4.69) is 0 Å². The van der Waals surface area contributed by atoms with E-state index >= 15 is 0 Å². The molecule has 1 unspecified atom stereocenters. The van der Waals surface area contributed by atoms with Gasteiger partial charge in [0.15, 0.2) is 0 Å². The van der Waals surface area contributed by atoms with Gasteiger partial charge in [0.2, 0.25) is 11.6 Å². The van der Waals surface area contributed by atoms with Gasteiger partial charge >= 0.3 is 0 Å². The van der Waals surface area contributed by atoms with E-state index in [0.717, 1.165) is 0 Å². The molecule has 100 valence electrons. The summed E-state index contributed by atoms with van der Waals surface area (Å²) < 4.78 is 0. The molecule has 19 heavy (non-hydrogen) atoms. The molecule has 0 spiro atoms. The number of aliphatic hydroxyl groups excluding tert-OH is 2. The number of hydrogen-bond acceptors (Lipinski definition) is 4. The van der Waals surface area contributed by atoms with Gasteiger partial charge in [-0.1, -0.05) is 38.1 Å². The van der Waals surface area contributed by atoms with Crippen molar-refractivity contribution in [3.05, 3.63) is 41.0 Å². The summed E-state index contributed by atoms with van der Waals surface area (Å²) >= 11 is 0. The molecule has 4 nitrogen and oxygen atoms in total. The van der Waals surface area contributed by atoms with Crippen molar-refractivity contribution < 1.29 is 19.8 Å². The number of hydrogen-bond donors (Lipinski definition) is 2. The predicted molar refractivity (Wildman–Crippen MR) is 70.8 cm³/mol. The third kappa shape index (κ3) is 2.31. The lowest BCUT2D eigenvalue weighted by Crippen LogP contribution is -2.31. The van der Waals surface area contributed by atoms with E-state index in [1.807, 2.05) is 13.8 Å². The first-order valence-corrected chi connectivity index (χ1v) is 6.23. The van der Waals surface area contributed by atoms with Gasteiger partial charge in [-0.2, -0.15) is 0 Å². The van der Waals surface area contributed by atoms with Crippen LogP contribution in [0.1, 0.15) is 36.2 Å². The first-order chi connectivity index (χ1) is 8.93. The molecule has 0 amide bonds. The van der Waals surface area contributed by atoms with Crippen molar-refractivity contribution in [2.24, 2.45) is 5.92 Å². The van der Waals surface area contributed by atoms with E-state index in [4.69, 9.17) is 0 Å². The van der Waals surface area contributed by atoms with Crippen LogP contribution in [-0.2, 0) is 4.79 Å². The molecule has 1 aliphatic rings. The van der Waals surface area contributed by atoms with E-state index in [0.29, 0.717) is 12.0 Å². The van der Waals surface area contributed by atoms with Crippen LogP contribution >= 0.6 is 0 Å². The number of carbonyl (C=O) groups is 2. The Morgan fingerprint density at radius 1 is 1.05 bits per heavy atom. The van der Waals surface area contributed by atoms with Gasteiger partial charge in [-0.05, 0) is 12.3 Å². The minimum Gasteiger partial charge on any atom is -0.507 e. The maximum Gasteiger partial charge on any atom is 0.235 e. The normalized spacial score (nSPS) is 16.8. The van der Waals surface area contributed by atoms with Crippen molar-refractivity contribution in [2.45, 2.75) is 26.4 Å². The summed E-state index contributed by atoms with van der Waals surface area (Å²) in [4.78, 5) is 24.0. The molecular weight excluding hydrogens is 244 g/mol. The smallest absolute Gasteiger partial charge is 0.235 e. The second kappa shape index (κ2) is 4.97. The van der Waals surface area contributed by atoms with Gasteiger partial charge in [0.25, 0.3) is 0 Å². The van der Waals surface area contributed by atoms with Crippen LogP contribution in [0.25, 0.3) is 5.76 Å². The summed E-state index contributed by atoms with van der Waals surface area (Å²) in [5, 5.41) is 20.2. The zero-order chi connectivity index (χ0) is 14.2. The molecule has 1 aliphatic carbocycles. The highest BCUT2D eigenvalue weighted by molar-refractivity contribution is 6.52. The third-order valence-corrected chi connectivity index (χ3v) is 3.16. The maximum atomic E-state index is 12.0. The molecule has 0 saturated carbocycles. The van der Waals surface area contributed by atoms with Crippen LogP contribution in [0.5, 0.6) is 0 Å². The minimum absolute atomic E-state index is 0.148. The van der Waals surface area contributed by atoms with Crippen LogP contribution in [0.3, 0.4) is 0 Å². The fourth-order valence-corrected chi connectivity index (χ4v) is 2.26. The first kappa shape index (κ1) is 13.5. The average molecular weight is 260 g/mol. The van der Waals surface area contributed by atoms with Gasteiger partial charge < -0.3 is 10.2 Å². The van der Waals surface area contributed by atoms with Crippen molar-refractivity contribution in [3.8, 4) is 0 Å². The van der Waals surface area contributed by atoms with Crippen molar-refractivity contribution in [3.63, 3.8) is 0 Å². The Labute approximate surface area is 111 Å². The number of carbonyl (C=O) groups excluding carboxylic acids is 2. The van der Waals surface area contributed by atoms with Gasteiger partial charge in [0.1, 0.15) is 5.76 Å². The highest BCUT2D eigenvalue weighted by Gasteiger charge is 2.36. The van der Waals surface area contributed by atoms with Gasteiger partial charge in [-0.3, -0.25) is 9.59 Å². The molecule has 0 aromatic heterocycles. The summed E-state index contributed by atoms with van der Waals surface area (Å²) in [6.07, 6.45) is -0.801. The Morgan fingerprint density at radius 2 is 1.63 bits per heavy atom. The van der Waals surface area contributed by atoms with E-state index in [1.54, 1.807) is 18.2 Å². The molecule has 0 saturated heterocycles. The Morgan fingerprint density at radius 3 is 2.21 bits per heavy atom. The fraction of sp³-hybridized carbons (Fsp3) is 0.333. The fourth-order valence-electron chi connectivity index (χ4n) is 2.26. The third-order valence-electron chi connectivity index (χ3n) is 3.16. The van der Waals surface area contributed by atoms with Crippen molar-refractivity contribution >= 4 is 17.3 Å². The molecular formula is C15H16O4. The number of aliphatic hydroxyl groups is 2. The average Bonchev–Trinajstić information content (AvgIpc) is 2.35. The van der Waals surface area contributed by atoms with Crippen LogP contribution in [-0.4, -0.2) is 27.9 Å². The topological polar surface area (TPSA) is 74.6 Å². The van der Waals surface area contributed by atoms with Crippen LogP contribution in [0, 0.1) is 5.92 Å². The van der Waals surface area contributed by atoms with Crippen LogP contribution in [0.2, 0.25) is 0 Å². The van der Waals surface area contributed by atoms with E-state index < -0.39 is 17.7 Å². The van der Waals surface area contributed by atoms with Gasteiger partial charge in [-0.25, -0.2) is 0 Å². The lowest BCUT2D eigenvalue weighted by atomic mass is 9.84. The molecule has 0 aliphatic heterocycles. The summed E-state index contributed by atoms with van der Waals surface area (Å²) in [7, 11) is 0. The highest BCUT2D eigenvalue weighted by atomic mass is 16.3. The van der Waals surface area contributed by atoms with Gasteiger partial charge in [-0.15, -0.1) is 0 Å². The molecule has 2 rings (SSSR count). The number of Topliss-reactive ketones (excluding diaryl/α,β-unsaturated/α-hetero) is 2. The summed E-state index contributed by atoms with van der Waals surface area (Å²) in [6.45, 7) is 3.79. The zero-order valence-electron chi connectivity index (χ0n) is 10.9. The van der Waals surface area contributed by atoms with Gasteiger partial charge in [0, 0.05) is 11.1 Å². The molecule has 0 bridgehead atoms. The van der Waals surface area contributed by atoms with Crippen LogP contribution in [0.4, 0.5) is 0 Å². The number of ketones is 2. The molecule has 0 heterocycles. The molecule has 0 radical (unpaired) electrons. The van der Waals surface area contributed by atoms with E-state index in [-0.39, 0.29) is 22.8 Å². The van der Waals surface area contributed by atoms with Crippen LogP contribution < -0.4 is 0 Å². The van der Waals surface area contributed by atoms with Crippen molar-refractivity contribution in [2.75, 3.05) is 0 Å². The Hall–Kier alpha value is -1.94. The highest BCUT2D eigenvalue weighted by Crippen LogP contribution is 2.30. The Kier molecular flexibility index (Phi) is 3.53. The largest absolute Gasteiger partial charge is 0.507 e. The lowest BCUT2D eigenvalue weighted by molar-refractivity contribution is -0.113. The molecule has 4 heteroatoms. The summed E-state index contributed by atoms with van der Waals surface area (Å²) in [6, 6.07) is 6.37. The maximum absolute atomic E-state index is 12.0. The van der Waals surface area contributed by atoms with E-state index in [1.165, 1.54) is 6.07 Å². The van der Waals surface area contributed by atoms with Crippen molar-refractivity contribution in [1.29, 1.82) is 0 Å². The van der Waals surface area contributed by atoms with Crippen LogP contribution in [0.15, 0.2) is 29.8 Å². The monoisotopic (exact) mass is 260 g/mol. The quantitative estimate of drug-likeness (QED) is 0.816. The number of fused-ring (bicyclic) bond motifs is 1. The predicted octanol–water partition coefficient (Wildman–Crippen LogP) is 2.13. The number of benzene rings is 1. The van der Waals surface area contributed by atoms with Gasteiger partial charge in [0.05, 0.1) is 11.7 Å². The zero-order valence-corrected chi connectivity index (χ0v) is 10.9. The summed E-state index contributed by atoms with van der Waals surface area (Å²) in [5.41, 5.74) is 0.313. The molecule has 0 fully saturated rings. The second-order valence-electron chi connectivity index (χ2n) is 5.11. The molecule has 1 aromatic carbocycles. The van der Waals surface area contributed by atoms with Crippen molar-refractivity contribution in [1.82, 2.24) is 0 Å². The molecule has 1 aromatic rings. The Balaban J connectivity index is 2.54. The molecule has 2 N–H and O–H groups in total. The minimum atomic E-state index is -1.12. The Bertz CT molecular complexity index is 569. The summed E-state index contributed by atoms with van der Waals surface area (Å²) in [5.74, 6) is -1.63. The second-order valence-corrected chi connectivity index (χ2v) is 5.11. The lowest BCUT2D eigenvalue weighted by Gasteiger charge is -2.22. The SMILES string of the molecule is CC(C)CC(O)C1=C(O)c2ccccc2C(=O)C1=O. The van der Waals surface area contributed by atoms with E-state index in [9.17, 15) is 19.8 Å². The molecule has 1 atom stereocenters. The first-order valence-electron chi connectivity index (χ1n) is 6.23. The standard InChI is InChI=1S/C15H16O4/c1-8(2)7-11(16)12-13(17)9-5-3-4-6-10(9)14(18)15(12)19/h3-6,8,11,16-17H,7H2,1-2H3.